The summed E-state index contributed by atoms with van der Waals surface area (Å²) in [6, 6.07) is 0. The van der Waals surface area contributed by atoms with Crippen LogP contribution in [0.1, 0.15) is 59.8 Å². The molecule has 0 aromatic rings. The van der Waals surface area contributed by atoms with E-state index in [-0.39, 0.29) is 0 Å². The second kappa shape index (κ2) is 3.54. The second-order valence-electron chi connectivity index (χ2n) is 6.35. The van der Waals surface area contributed by atoms with Crippen molar-refractivity contribution in [3.05, 3.63) is 0 Å². The summed E-state index contributed by atoms with van der Waals surface area (Å²) in [7, 11) is 0. The Hall–Kier alpha value is 0. The monoisotopic (exact) mass is 194 g/mol. The van der Waals surface area contributed by atoms with Crippen molar-refractivity contribution in [1.82, 2.24) is 0 Å². The van der Waals surface area contributed by atoms with Crippen molar-refractivity contribution in [3.8, 4) is 0 Å². The van der Waals surface area contributed by atoms with Crippen molar-refractivity contribution in [1.29, 1.82) is 0 Å². The Balaban J connectivity index is 1.93. The highest BCUT2D eigenvalue weighted by Gasteiger charge is 2.53. The van der Waals surface area contributed by atoms with E-state index in [0.29, 0.717) is 5.41 Å². The number of rotatable bonds is 4. The number of fused-ring (bicyclic) bond motifs is 1. The predicted octanol–water partition coefficient (Wildman–Crippen LogP) is 4.49. The molecular formula is C14H26. The molecule has 0 N–H and O–H groups in total. The molecule has 0 bridgehead atoms. The summed E-state index contributed by atoms with van der Waals surface area (Å²) in [5.41, 5.74) is 0.609. The molecule has 0 heteroatoms. The molecule has 4 unspecified atom stereocenters. The molecule has 2 aliphatic rings. The van der Waals surface area contributed by atoms with Crippen molar-refractivity contribution < 1.29 is 0 Å². The Morgan fingerprint density at radius 1 is 1.29 bits per heavy atom. The van der Waals surface area contributed by atoms with Gasteiger partial charge in [-0.15, -0.1) is 0 Å². The molecule has 0 spiro atoms. The Morgan fingerprint density at radius 2 is 2.00 bits per heavy atom. The molecule has 0 aliphatic heterocycles. The van der Waals surface area contributed by atoms with E-state index in [0.717, 1.165) is 23.7 Å². The molecule has 0 heterocycles. The van der Waals surface area contributed by atoms with Gasteiger partial charge in [0.05, 0.1) is 0 Å². The van der Waals surface area contributed by atoms with Gasteiger partial charge >= 0.3 is 0 Å². The fraction of sp³-hybridized carbons (Fsp3) is 1.00. The summed E-state index contributed by atoms with van der Waals surface area (Å²) < 4.78 is 0. The van der Waals surface area contributed by atoms with Gasteiger partial charge in [0.15, 0.2) is 0 Å². The fourth-order valence-corrected chi connectivity index (χ4v) is 3.75. The highest BCUT2D eigenvalue weighted by molar-refractivity contribution is 5.02. The van der Waals surface area contributed by atoms with Gasteiger partial charge in [-0.25, -0.2) is 0 Å². The summed E-state index contributed by atoms with van der Waals surface area (Å²) in [5.74, 6) is 4.25. The van der Waals surface area contributed by atoms with Crippen molar-refractivity contribution in [2.75, 3.05) is 0 Å². The Labute approximate surface area is 89.5 Å². The second-order valence-corrected chi connectivity index (χ2v) is 6.35. The van der Waals surface area contributed by atoms with E-state index in [1.165, 1.54) is 19.3 Å². The molecule has 0 nitrogen and oxygen atoms in total. The first-order valence-electron chi connectivity index (χ1n) is 6.57. The van der Waals surface area contributed by atoms with Crippen molar-refractivity contribution in [2.45, 2.75) is 59.8 Å². The largest absolute Gasteiger partial charge is 0.0654 e. The van der Waals surface area contributed by atoms with E-state index in [1.54, 1.807) is 12.8 Å². The van der Waals surface area contributed by atoms with E-state index in [1.807, 2.05) is 0 Å². The van der Waals surface area contributed by atoms with Crippen LogP contribution in [0.15, 0.2) is 0 Å². The maximum absolute atomic E-state index is 2.52. The van der Waals surface area contributed by atoms with Crippen LogP contribution < -0.4 is 0 Å². The van der Waals surface area contributed by atoms with Crippen LogP contribution in [-0.2, 0) is 0 Å². The maximum atomic E-state index is 2.52. The van der Waals surface area contributed by atoms with Crippen LogP contribution in [0.4, 0.5) is 0 Å². The average Bonchev–Trinajstić information content (AvgIpc) is 2.10. The summed E-state index contributed by atoms with van der Waals surface area (Å²) in [4.78, 5) is 0. The molecular weight excluding hydrogens is 168 g/mol. The highest BCUT2D eigenvalue weighted by Crippen LogP contribution is 2.62. The lowest BCUT2D eigenvalue weighted by atomic mass is 9.45. The highest BCUT2D eigenvalue weighted by atomic mass is 14.6. The molecule has 4 atom stereocenters. The third-order valence-electron chi connectivity index (χ3n) is 5.50. The third kappa shape index (κ3) is 1.42. The lowest BCUT2D eigenvalue weighted by Gasteiger charge is -2.60. The first-order chi connectivity index (χ1) is 6.57. The fourth-order valence-electron chi connectivity index (χ4n) is 3.75. The lowest BCUT2D eigenvalue weighted by molar-refractivity contribution is -0.108. The van der Waals surface area contributed by atoms with Gasteiger partial charge in [0.2, 0.25) is 0 Å². The van der Waals surface area contributed by atoms with Gasteiger partial charge in [-0.3, -0.25) is 0 Å². The van der Waals surface area contributed by atoms with Crippen LogP contribution in [0.2, 0.25) is 0 Å². The third-order valence-corrected chi connectivity index (χ3v) is 5.50. The van der Waals surface area contributed by atoms with E-state index < -0.39 is 0 Å². The van der Waals surface area contributed by atoms with E-state index in [4.69, 9.17) is 0 Å². The van der Waals surface area contributed by atoms with Crippen LogP contribution in [0.3, 0.4) is 0 Å². The molecule has 0 radical (unpaired) electrons. The molecule has 2 saturated carbocycles. The topological polar surface area (TPSA) is 0 Å². The first-order valence-corrected chi connectivity index (χ1v) is 6.57. The van der Waals surface area contributed by atoms with Gasteiger partial charge in [-0.1, -0.05) is 40.5 Å². The van der Waals surface area contributed by atoms with Gasteiger partial charge in [0, 0.05) is 0 Å². The summed E-state index contributed by atoms with van der Waals surface area (Å²) in [6.45, 7) is 9.83. The van der Waals surface area contributed by atoms with Gasteiger partial charge in [-0.05, 0) is 48.3 Å². The molecule has 0 saturated heterocycles. The molecule has 2 rings (SSSR count). The predicted molar refractivity (Wildman–Crippen MR) is 62.2 cm³/mol. The Kier molecular flexibility index (Phi) is 2.66. The van der Waals surface area contributed by atoms with Gasteiger partial charge < -0.3 is 0 Å². The summed E-state index contributed by atoms with van der Waals surface area (Å²) >= 11 is 0. The zero-order valence-corrected chi connectivity index (χ0v) is 10.3. The minimum Gasteiger partial charge on any atom is -0.0654 e. The van der Waals surface area contributed by atoms with Crippen molar-refractivity contribution >= 4 is 0 Å². The average molecular weight is 194 g/mol. The quantitative estimate of drug-likeness (QED) is 0.618. The van der Waals surface area contributed by atoms with E-state index in [2.05, 4.69) is 27.7 Å². The maximum Gasteiger partial charge on any atom is -0.0297 e. The number of hydrogen-bond donors (Lipinski definition) is 0. The first kappa shape index (κ1) is 10.5. The molecule has 2 aliphatic carbocycles. The summed E-state index contributed by atoms with van der Waals surface area (Å²) in [5, 5.41) is 0. The molecule has 2 fully saturated rings. The molecule has 14 heavy (non-hydrogen) atoms. The molecule has 0 aromatic heterocycles. The van der Waals surface area contributed by atoms with E-state index in [9.17, 15) is 0 Å². The number of hydrogen-bond acceptors (Lipinski definition) is 0. The zero-order chi connectivity index (χ0) is 10.3. The molecule has 0 aromatic carbocycles. The van der Waals surface area contributed by atoms with Crippen LogP contribution in [0.5, 0.6) is 0 Å². The van der Waals surface area contributed by atoms with Gasteiger partial charge in [0.25, 0.3) is 0 Å². The van der Waals surface area contributed by atoms with Crippen LogP contribution in [0, 0.1) is 29.1 Å². The molecule has 0 amide bonds. The van der Waals surface area contributed by atoms with Gasteiger partial charge in [0.1, 0.15) is 0 Å². The van der Waals surface area contributed by atoms with Gasteiger partial charge in [-0.2, -0.15) is 0 Å². The van der Waals surface area contributed by atoms with Crippen molar-refractivity contribution in [3.63, 3.8) is 0 Å². The SMILES string of the molecule is CCCC(C)C(C)(C)C1CC2CCC21. The Morgan fingerprint density at radius 3 is 2.36 bits per heavy atom. The normalized spacial score (nSPS) is 38.1. The van der Waals surface area contributed by atoms with Crippen LogP contribution >= 0.6 is 0 Å². The van der Waals surface area contributed by atoms with Crippen LogP contribution in [-0.4, -0.2) is 0 Å². The molecule has 82 valence electrons. The minimum atomic E-state index is 0.609. The van der Waals surface area contributed by atoms with Crippen LogP contribution in [0.25, 0.3) is 0 Å². The standard InChI is InChI=1S/C14H26/c1-5-6-10(2)14(3,4)13-9-11-7-8-12(11)13/h10-13H,5-9H2,1-4H3. The lowest BCUT2D eigenvalue weighted by Crippen LogP contribution is -2.52. The zero-order valence-electron chi connectivity index (χ0n) is 10.3. The summed E-state index contributed by atoms with van der Waals surface area (Å²) in [6.07, 6.45) is 7.40. The van der Waals surface area contributed by atoms with E-state index >= 15 is 0 Å². The Bertz CT molecular complexity index is 204. The smallest absolute Gasteiger partial charge is 0.0297 e. The van der Waals surface area contributed by atoms with Crippen molar-refractivity contribution in [2.24, 2.45) is 29.1 Å². The minimum absolute atomic E-state index is 0.609.